The first-order valence-electron chi connectivity index (χ1n) is 4.72. The van der Waals surface area contributed by atoms with Crippen LogP contribution in [0.3, 0.4) is 0 Å². The Labute approximate surface area is 105 Å². The fraction of sp³-hybridized carbons (Fsp3) is 0.250. The lowest BCUT2D eigenvalue weighted by Crippen LogP contribution is -2.29. The first kappa shape index (κ1) is 14.7. The van der Waals surface area contributed by atoms with Crippen molar-refractivity contribution in [2.24, 2.45) is 0 Å². The third-order valence-electron chi connectivity index (χ3n) is 2.02. The normalized spacial score (nSPS) is 12.5. The maximum atomic E-state index is 11.7. The molecule has 0 aromatic heterocycles. The second-order valence-corrected chi connectivity index (χ2v) is 6.81. The number of rotatable bonds is 5. The minimum absolute atomic E-state index is 0.104. The highest BCUT2D eigenvalue weighted by Gasteiger charge is 2.15. The van der Waals surface area contributed by atoms with Crippen molar-refractivity contribution in [3.63, 3.8) is 0 Å². The number of nitrogens with one attached hydrogen (secondary N) is 1. The maximum absolute atomic E-state index is 11.7. The van der Waals surface area contributed by atoms with Crippen LogP contribution in [0.5, 0.6) is 0 Å². The zero-order valence-electron chi connectivity index (χ0n) is 9.20. The number of anilines is 2. The van der Waals surface area contributed by atoms with E-state index >= 15 is 0 Å². The first-order chi connectivity index (χ1) is 8.12. The average molecular weight is 295 g/mol. The molecule has 18 heavy (non-hydrogen) atoms. The van der Waals surface area contributed by atoms with Gasteiger partial charge in [0.2, 0.25) is 10.0 Å². The second kappa shape index (κ2) is 5.10. The summed E-state index contributed by atoms with van der Waals surface area (Å²) in [6.45, 7) is -0.439. The van der Waals surface area contributed by atoms with Crippen LogP contribution >= 0.6 is 0 Å². The number of benzene rings is 1. The van der Waals surface area contributed by atoms with Crippen LogP contribution in [-0.4, -0.2) is 33.7 Å². The summed E-state index contributed by atoms with van der Waals surface area (Å²) in [6, 6.07) is 3.72. The third kappa shape index (κ3) is 4.14. The molecule has 0 unspecified atom stereocenters. The molecule has 10 heteroatoms. The Bertz CT molecular complexity index is 639. The van der Waals surface area contributed by atoms with Crippen molar-refractivity contribution in [1.29, 1.82) is 0 Å². The van der Waals surface area contributed by atoms with Gasteiger partial charge < -0.3 is 11.5 Å². The van der Waals surface area contributed by atoms with Gasteiger partial charge in [0.15, 0.2) is 0 Å². The number of nitrogens with two attached hydrogens (primary N) is 2. The molecule has 0 saturated carbocycles. The van der Waals surface area contributed by atoms with Crippen LogP contribution in [0.4, 0.5) is 11.4 Å². The standard InChI is InChI=1S/C8H13N3O5S2/c9-7-2-1-6(5-8(7)10)18(15,16)11-3-4-17(12,13)14/h1-2,5,11H,3-4,9-10H2,(H,12,13,14). The van der Waals surface area contributed by atoms with Gasteiger partial charge in [-0.25, -0.2) is 13.1 Å². The van der Waals surface area contributed by atoms with Crippen molar-refractivity contribution in [1.82, 2.24) is 4.72 Å². The van der Waals surface area contributed by atoms with E-state index in [4.69, 9.17) is 16.0 Å². The Morgan fingerprint density at radius 1 is 1.11 bits per heavy atom. The van der Waals surface area contributed by atoms with Crippen LogP contribution in [0.25, 0.3) is 0 Å². The summed E-state index contributed by atoms with van der Waals surface area (Å²) in [5.41, 5.74) is 11.2. The first-order valence-corrected chi connectivity index (χ1v) is 7.81. The molecule has 0 aliphatic carbocycles. The highest BCUT2D eigenvalue weighted by Crippen LogP contribution is 2.19. The smallest absolute Gasteiger partial charge is 0.266 e. The fourth-order valence-corrected chi connectivity index (χ4v) is 2.66. The Kier molecular flexibility index (Phi) is 4.16. The van der Waals surface area contributed by atoms with Gasteiger partial charge in [0.1, 0.15) is 0 Å². The lowest BCUT2D eigenvalue weighted by atomic mass is 10.3. The van der Waals surface area contributed by atoms with Gasteiger partial charge in [-0.05, 0) is 18.2 Å². The van der Waals surface area contributed by atoms with Crippen LogP contribution < -0.4 is 16.2 Å². The molecule has 8 nitrogen and oxygen atoms in total. The molecule has 1 aromatic rings. The van der Waals surface area contributed by atoms with Gasteiger partial charge >= 0.3 is 0 Å². The number of hydrogen-bond acceptors (Lipinski definition) is 6. The largest absolute Gasteiger partial charge is 0.397 e. The van der Waals surface area contributed by atoms with Gasteiger partial charge in [0, 0.05) is 6.54 Å². The topological polar surface area (TPSA) is 153 Å². The van der Waals surface area contributed by atoms with E-state index in [2.05, 4.69) is 0 Å². The maximum Gasteiger partial charge on any atom is 0.266 e. The molecule has 1 aromatic carbocycles. The summed E-state index contributed by atoms with van der Waals surface area (Å²) in [4.78, 5) is -0.135. The minimum Gasteiger partial charge on any atom is -0.397 e. The molecule has 102 valence electrons. The average Bonchev–Trinajstić information content (AvgIpc) is 2.19. The summed E-state index contributed by atoms with van der Waals surface area (Å²) in [5.74, 6) is -0.712. The van der Waals surface area contributed by atoms with Crippen molar-refractivity contribution < 1.29 is 21.4 Å². The van der Waals surface area contributed by atoms with Crippen molar-refractivity contribution in [2.45, 2.75) is 4.90 Å². The summed E-state index contributed by atoms with van der Waals surface area (Å²) in [7, 11) is -8.10. The molecule has 0 atom stereocenters. The molecule has 0 spiro atoms. The molecular formula is C8H13N3O5S2. The van der Waals surface area contributed by atoms with Crippen LogP contribution in [0, 0.1) is 0 Å². The van der Waals surface area contributed by atoms with Gasteiger partial charge in [-0.1, -0.05) is 0 Å². The van der Waals surface area contributed by atoms with Crippen LogP contribution in [-0.2, 0) is 20.1 Å². The van der Waals surface area contributed by atoms with E-state index in [0.29, 0.717) is 0 Å². The molecule has 0 fully saturated rings. The molecular weight excluding hydrogens is 282 g/mol. The highest BCUT2D eigenvalue weighted by molar-refractivity contribution is 7.89. The van der Waals surface area contributed by atoms with E-state index in [-0.39, 0.29) is 16.3 Å². The van der Waals surface area contributed by atoms with E-state index in [1.54, 1.807) is 0 Å². The Hall–Kier alpha value is -1.36. The van der Waals surface area contributed by atoms with Crippen LogP contribution in [0.15, 0.2) is 23.1 Å². The third-order valence-corrected chi connectivity index (χ3v) is 4.20. The van der Waals surface area contributed by atoms with E-state index in [9.17, 15) is 16.8 Å². The summed E-state index contributed by atoms with van der Waals surface area (Å²) >= 11 is 0. The van der Waals surface area contributed by atoms with E-state index < -0.39 is 32.4 Å². The zero-order valence-corrected chi connectivity index (χ0v) is 10.8. The monoisotopic (exact) mass is 295 g/mol. The summed E-state index contributed by atoms with van der Waals surface area (Å²) in [5, 5.41) is 0. The zero-order chi connectivity index (χ0) is 14.0. The predicted octanol–water partition coefficient (Wildman–Crippen LogP) is -0.983. The van der Waals surface area contributed by atoms with Crippen molar-refractivity contribution in [2.75, 3.05) is 23.8 Å². The number of sulfonamides is 1. The van der Waals surface area contributed by atoms with Crippen molar-refractivity contribution >= 4 is 31.5 Å². The Balaban J connectivity index is 2.84. The van der Waals surface area contributed by atoms with E-state index in [1.807, 2.05) is 4.72 Å². The number of nitrogen functional groups attached to an aromatic ring is 2. The Morgan fingerprint density at radius 3 is 2.22 bits per heavy atom. The quantitative estimate of drug-likeness (QED) is 0.402. The summed E-state index contributed by atoms with van der Waals surface area (Å²) < 4.78 is 54.7. The molecule has 0 amide bonds. The molecule has 0 saturated heterocycles. The van der Waals surface area contributed by atoms with Gasteiger partial charge in [-0.15, -0.1) is 0 Å². The molecule has 1 rings (SSSR count). The Morgan fingerprint density at radius 2 is 1.72 bits per heavy atom. The van der Waals surface area contributed by atoms with Gasteiger partial charge in [-0.2, -0.15) is 8.42 Å². The molecule has 0 aliphatic heterocycles. The lowest BCUT2D eigenvalue weighted by Gasteiger charge is -2.07. The van der Waals surface area contributed by atoms with Crippen molar-refractivity contribution in [3.05, 3.63) is 18.2 Å². The van der Waals surface area contributed by atoms with E-state index in [0.717, 1.165) is 6.07 Å². The van der Waals surface area contributed by atoms with Gasteiger partial charge in [-0.3, -0.25) is 4.55 Å². The predicted molar refractivity (Wildman–Crippen MR) is 66.9 cm³/mol. The molecule has 0 heterocycles. The lowest BCUT2D eigenvalue weighted by molar-refractivity contribution is 0.482. The fourth-order valence-electron chi connectivity index (χ4n) is 1.11. The minimum atomic E-state index is -4.22. The SMILES string of the molecule is Nc1ccc(S(=O)(=O)NCCS(=O)(=O)O)cc1N. The van der Waals surface area contributed by atoms with Gasteiger partial charge in [0.05, 0.1) is 22.0 Å². The van der Waals surface area contributed by atoms with Crippen LogP contribution in [0.1, 0.15) is 0 Å². The van der Waals surface area contributed by atoms with Crippen LogP contribution in [0.2, 0.25) is 0 Å². The molecule has 0 bridgehead atoms. The molecule has 6 N–H and O–H groups in total. The van der Waals surface area contributed by atoms with Crippen molar-refractivity contribution in [3.8, 4) is 0 Å². The number of hydrogen-bond donors (Lipinski definition) is 4. The molecule has 0 aliphatic rings. The summed E-state index contributed by atoms with van der Waals surface area (Å²) in [6.07, 6.45) is 0. The van der Waals surface area contributed by atoms with E-state index in [1.165, 1.54) is 12.1 Å². The molecule has 0 radical (unpaired) electrons. The highest BCUT2D eigenvalue weighted by atomic mass is 32.2. The van der Waals surface area contributed by atoms with Gasteiger partial charge in [0.25, 0.3) is 10.1 Å². The second-order valence-electron chi connectivity index (χ2n) is 3.47.